The van der Waals surface area contributed by atoms with Crippen LogP contribution in [0.5, 0.6) is 0 Å². The Morgan fingerprint density at radius 3 is 2.10 bits per heavy atom. The fourth-order valence-electron chi connectivity index (χ4n) is 2.42. The van der Waals surface area contributed by atoms with Gasteiger partial charge in [0.2, 0.25) is 0 Å². The van der Waals surface area contributed by atoms with Gasteiger partial charge in [-0.1, -0.05) is 68.3 Å². The van der Waals surface area contributed by atoms with Gasteiger partial charge in [0.15, 0.2) is 0 Å². The Kier molecular flexibility index (Phi) is 5.70. The molecule has 0 saturated carbocycles. The largest absolute Gasteiger partial charge is 0.324 e. The van der Waals surface area contributed by atoms with Gasteiger partial charge < -0.3 is 5.73 Å². The molecule has 0 bridgehead atoms. The summed E-state index contributed by atoms with van der Waals surface area (Å²) in [5, 5.41) is 0. The smallest absolute Gasteiger partial charge is 0.150 e. The van der Waals surface area contributed by atoms with Gasteiger partial charge in [-0.15, -0.1) is 0 Å². The summed E-state index contributed by atoms with van der Waals surface area (Å²) < 4.78 is 0. The first-order chi connectivity index (χ1) is 10.2. The third-order valence-corrected chi connectivity index (χ3v) is 3.80. The fraction of sp³-hybridized carbons (Fsp3) is 0.316. The summed E-state index contributed by atoms with van der Waals surface area (Å²) in [6.45, 7) is 2.19. The van der Waals surface area contributed by atoms with Crippen molar-refractivity contribution < 1.29 is 4.79 Å². The maximum absolute atomic E-state index is 10.6. The van der Waals surface area contributed by atoms with Crippen molar-refractivity contribution in [3.8, 4) is 0 Å². The maximum atomic E-state index is 10.6. The van der Waals surface area contributed by atoms with Crippen molar-refractivity contribution in [1.82, 2.24) is 0 Å². The van der Waals surface area contributed by atoms with Crippen LogP contribution in [0.25, 0.3) is 0 Å². The van der Waals surface area contributed by atoms with Crippen LogP contribution in [-0.2, 0) is 6.42 Å². The topological polar surface area (TPSA) is 43.1 Å². The Morgan fingerprint density at radius 2 is 1.57 bits per heavy atom. The second-order valence-corrected chi connectivity index (χ2v) is 5.53. The third kappa shape index (κ3) is 4.54. The standard InChI is InChI=1S/C19H23NO/c1-2-3-4-19(20)18-11-9-16(10-12-18)13-15-5-7-17(14-21)8-6-15/h5-12,14,19H,2-4,13,20H2,1H3/t19-/m1/s1. The Bertz CT molecular complexity index is 557. The number of aldehydes is 1. The zero-order valence-electron chi connectivity index (χ0n) is 12.6. The number of hydrogen-bond acceptors (Lipinski definition) is 2. The number of hydrogen-bond donors (Lipinski definition) is 1. The second kappa shape index (κ2) is 7.75. The minimum Gasteiger partial charge on any atom is -0.324 e. The first-order valence-electron chi connectivity index (χ1n) is 7.61. The van der Waals surface area contributed by atoms with Gasteiger partial charge in [-0.2, -0.15) is 0 Å². The van der Waals surface area contributed by atoms with Crippen LogP contribution >= 0.6 is 0 Å². The number of carbonyl (C=O) groups excluding carboxylic acids is 1. The van der Waals surface area contributed by atoms with Crippen LogP contribution in [0, 0.1) is 0 Å². The minimum absolute atomic E-state index is 0.144. The predicted molar refractivity (Wildman–Crippen MR) is 87.5 cm³/mol. The van der Waals surface area contributed by atoms with Gasteiger partial charge in [0.25, 0.3) is 0 Å². The summed E-state index contributed by atoms with van der Waals surface area (Å²) >= 11 is 0. The monoisotopic (exact) mass is 281 g/mol. The summed E-state index contributed by atoms with van der Waals surface area (Å²) in [7, 11) is 0. The van der Waals surface area contributed by atoms with Gasteiger partial charge in [0.1, 0.15) is 6.29 Å². The molecule has 1 atom stereocenters. The highest BCUT2D eigenvalue weighted by Gasteiger charge is 2.05. The lowest BCUT2D eigenvalue weighted by Gasteiger charge is -2.12. The van der Waals surface area contributed by atoms with Crippen molar-refractivity contribution in [3.05, 3.63) is 70.8 Å². The lowest BCUT2D eigenvalue weighted by molar-refractivity contribution is 0.112. The molecule has 0 saturated heterocycles. The molecule has 0 aromatic heterocycles. The summed E-state index contributed by atoms with van der Waals surface area (Å²) in [5.41, 5.74) is 10.6. The second-order valence-electron chi connectivity index (χ2n) is 5.53. The van der Waals surface area contributed by atoms with E-state index in [0.717, 1.165) is 24.7 Å². The molecule has 2 N–H and O–H groups in total. The molecule has 2 aromatic carbocycles. The first kappa shape index (κ1) is 15.5. The number of carbonyl (C=O) groups is 1. The first-order valence-corrected chi connectivity index (χ1v) is 7.61. The van der Waals surface area contributed by atoms with E-state index in [1.807, 2.05) is 24.3 Å². The molecule has 0 aliphatic heterocycles. The molecule has 0 heterocycles. The van der Waals surface area contributed by atoms with Gasteiger partial charge in [0, 0.05) is 11.6 Å². The summed E-state index contributed by atoms with van der Waals surface area (Å²) in [6.07, 6.45) is 5.15. The van der Waals surface area contributed by atoms with Crippen molar-refractivity contribution in [2.45, 2.75) is 38.6 Å². The molecule has 0 aliphatic rings. The molecule has 0 radical (unpaired) electrons. The lowest BCUT2D eigenvalue weighted by Crippen LogP contribution is -2.09. The predicted octanol–water partition coefficient (Wildman–Crippen LogP) is 4.28. The number of benzene rings is 2. The van der Waals surface area contributed by atoms with Crippen molar-refractivity contribution in [3.63, 3.8) is 0 Å². The van der Waals surface area contributed by atoms with E-state index < -0.39 is 0 Å². The van der Waals surface area contributed by atoms with E-state index >= 15 is 0 Å². The van der Waals surface area contributed by atoms with Gasteiger partial charge in [-0.3, -0.25) is 4.79 Å². The van der Waals surface area contributed by atoms with Crippen LogP contribution in [0.1, 0.15) is 59.3 Å². The van der Waals surface area contributed by atoms with E-state index in [-0.39, 0.29) is 6.04 Å². The molecule has 0 unspecified atom stereocenters. The van der Waals surface area contributed by atoms with E-state index in [0.29, 0.717) is 0 Å². The fourth-order valence-corrected chi connectivity index (χ4v) is 2.42. The van der Waals surface area contributed by atoms with Crippen LogP contribution in [0.15, 0.2) is 48.5 Å². The molecular weight excluding hydrogens is 258 g/mol. The molecule has 2 heteroatoms. The van der Waals surface area contributed by atoms with Crippen molar-refractivity contribution in [1.29, 1.82) is 0 Å². The molecule has 0 aliphatic carbocycles. The molecule has 21 heavy (non-hydrogen) atoms. The molecule has 2 aromatic rings. The Hall–Kier alpha value is -1.93. The van der Waals surface area contributed by atoms with Crippen LogP contribution in [0.3, 0.4) is 0 Å². The van der Waals surface area contributed by atoms with Gasteiger partial charge in [-0.25, -0.2) is 0 Å². The maximum Gasteiger partial charge on any atom is 0.150 e. The molecule has 0 spiro atoms. The summed E-state index contributed by atoms with van der Waals surface area (Å²) in [4.78, 5) is 10.6. The van der Waals surface area contributed by atoms with Crippen LogP contribution in [0.4, 0.5) is 0 Å². The normalized spacial score (nSPS) is 12.1. The molecule has 0 fully saturated rings. The van der Waals surface area contributed by atoms with E-state index in [1.54, 1.807) is 0 Å². The van der Waals surface area contributed by atoms with Crippen LogP contribution in [-0.4, -0.2) is 6.29 Å². The van der Waals surface area contributed by atoms with E-state index in [2.05, 4.69) is 31.2 Å². The van der Waals surface area contributed by atoms with Gasteiger partial charge >= 0.3 is 0 Å². The van der Waals surface area contributed by atoms with Crippen LogP contribution < -0.4 is 5.73 Å². The van der Waals surface area contributed by atoms with E-state index in [1.165, 1.54) is 29.5 Å². The Morgan fingerprint density at radius 1 is 1.00 bits per heavy atom. The third-order valence-electron chi connectivity index (χ3n) is 3.80. The highest BCUT2D eigenvalue weighted by atomic mass is 16.1. The zero-order valence-corrected chi connectivity index (χ0v) is 12.6. The zero-order chi connectivity index (χ0) is 15.1. The van der Waals surface area contributed by atoms with Gasteiger partial charge in [0.05, 0.1) is 0 Å². The van der Waals surface area contributed by atoms with E-state index in [4.69, 9.17) is 5.73 Å². The van der Waals surface area contributed by atoms with E-state index in [9.17, 15) is 4.79 Å². The molecule has 110 valence electrons. The highest BCUT2D eigenvalue weighted by Crippen LogP contribution is 2.18. The number of rotatable bonds is 7. The summed E-state index contributed by atoms with van der Waals surface area (Å²) in [5.74, 6) is 0. The minimum atomic E-state index is 0.144. The average molecular weight is 281 g/mol. The summed E-state index contributed by atoms with van der Waals surface area (Å²) in [6, 6.07) is 16.4. The number of nitrogens with two attached hydrogens (primary N) is 1. The molecule has 0 amide bonds. The SMILES string of the molecule is CCCC[C@@H](N)c1ccc(Cc2ccc(C=O)cc2)cc1. The highest BCUT2D eigenvalue weighted by molar-refractivity contribution is 5.74. The Balaban J connectivity index is 1.99. The molecule has 2 nitrogen and oxygen atoms in total. The van der Waals surface area contributed by atoms with Crippen molar-refractivity contribution >= 4 is 6.29 Å². The number of unbranched alkanes of at least 4 members (excludes halogenated alkanes) is 1. The van der Waals surface area contributed by atoms with Crippen LogP contribution in [0.2, 0.25) is 0 Å². The van der Waals surface area contributed by atoms with Crippen molar-refractivity contribution in [2.24, 2.45) is 5.73 Å². The quantitative estimate of drug-likeness (QED) is 0.770. The lowest BCUT2D eigenvalue weighted by atomic mass is 9.98. The Labute approximate surface area is 127 Å². The molecule has 2 rings (SSSR count). The van der Waals surface area contributed by atoms with Gasteiger partial charge in [-0.05, 0) is 29.5 Å². The van der Waals surface area contributed by atoms with Crippen molar-refractivity contribution in [2.75, 3.05) is 0 Å². The molecular formula is C19H23NO. The average Bonchev–Trinajstić information content (AvgIpc) is 2.54.